The van der Waals surface area contributed by atoms with E-state index in [1.54, 1.807) is 4.90 Å². The number of aliphatic carboxylic acids is 1. The molecule has 1 saturated heterocycles. The maximum atomic E-state index is 12.0. The molecule has 0 spiro atoms. The first kappa shape index (κ1) is 15.1. The first-order valence-electron chi connectivity index (χ1n) is 7.50. The van der Waals surface area contributed by atoms with Crippen LogP contribution in [-0.4, -0.2) is 54.9 Å². The summed E-state index contributed by atoms with van der Waals surface area (Å²) in [5, 5.41) is 11.9. The lowest BCUT2D eigenvalue weighted by atomic mass is 9.82. The van der Waals surface area contributed by atoms with E-state index >= 15 is 0 Å². The van der Waals surface area contributed by atoms with Crippen LogP contribution in [0.1, 0.15) is 32.1 Å². The Morgan fingerprint density at radius 3 is 2.60 bits per heavy atom. The molecule has 2 amide bonds. The number of nitrogens with one attached hydrogen (secondary N) is 1. The number of amides is 2. The number of carboxylic acids is 1. The van der Waals surface area contributed by atoms with E-state index in [9.17, 15) is 9.59 Å². The maximum Gasteiger partial charge on any atom is 0.317 e. The molecule has 2 N–H and O–H groups in total. The monoisotopic (exact) mass is 284 g/mol. The Morgan fingerprint density at radius 1 is 1.15 bits per heavy atom. The van der Waals surface area contributed by atoms with Crippen LogP contribution < -0.4 is 5.32 Å². The van der Waals surface area contributed by atoms with Gasteiger partial charge in [0.2, 0.25) is 0 Å². The number of rotatable bonds is 3. The van der Waals surface area contributed by atoms with Gasteiger partial charge >= 0.3 is 12.0 Å². The van der Waals surface area contributed by atoms with E-state index in [1.807, 2.05) is 0 Å². The molecule has 0 atom stereocenters. The van der Waals surface area contributed by atoms with Crippen LogP contribution in [0.3, 0.4) is 0 Å². The Bertz CT molecular complexity index is 332. The van der Waals surface area contributed by atoms with Crippen molar-refractivity contribution < 1.29 is 19.4 Å². The largest absolute Gasteiger partial charge is 0.481 e. The number of nitrogens with zero attached hydrogens (tertiary/aromatic N) is 1. The van der Waals surface area contributed by atoms with E-state index in [1.165, 1.54) is 0 Å². The van der Waals surface area contributed by atoms with Gasteiger partial charge in [-0.15, -0.1) is 0 Å². The fraction of sp³-hybridized carbons (Fsp3) is 0.857. The van der Waals surface area contributed by atoms with Gasteiger partial charge in [-0.3, -0.25) is 4.79 Å². The molecule has 0 bridgehead atoms. The average molecular weight is 284 g/mol. The lowest BCUT2D eigenvalue weighted by Gasteiger charge is -2.27. The Labute approximate surface area is 119 Å². The minimum atomic E-state index is -0.683. The van der Waals surface area contributed by atoms with Gasteiger partial charge in [0.15, 0.2) is 0 Å². The third kappa shape index (κ3) is 4.37. The van der Waals surface area contributed by atoms with Crippen LogP contribution in [0.4, 0.5) is 4.79 Å². The normalized spacial score (nSPS) is 27.7. The van der Waals surface area contributed by atoms with Gasteiger partial charge in [0, 0.05) is 26.2 Å². The molecular weight excluding hydrogens is 260 g/mol. The molecule has 2 fully saturated rings. The van der Waals surface area contributed by atoms with Crippen molar-refractivity contribution in [2.75, 3.05) is 32.8 Å². The number of carbonyl (C=O) groups is 2. The van der Waals surface area contributed by atoms with Crippen molar-refractivity contribution in [1.29, 1.82) is 0 Å². The molecule has 114 valence electrons. The zero-order chi connectivity index (χ0) is 14.4. The van der Waals surface area contributed by atoms with Gasteiger partial charge in [0.25, 0.3) is 0 Å². The first-order chi connectivity index (χ1) is 9.66. The highest BCUT2D eigenvalue weighted by molar-refractivity contribution is 5.74. The Hall–Kier alpha value is -1.30. The second-order valence-electron chi connectivity index (χ2n) is 5.69. The predicted molar refractivity (Wildman–Crippen MR) is 73.5 cm³/mol. The number of hydrogen-bond acceptors (Lipinski definition) is 3. The van der Waals surface area contributed by atoms with Crippen LogP contribution in [0, 0.1) is 11.8 Å². The highest BCUT2D eigenvalue weighted by Gasteiger charge is 2.26. The molecule has 0 aromatic carbocycles. The zero-order valence-corrected chi connectivity index (χ0v) is 11.8. The minimum absolute atomic E-state index is 0.0177. The smallest absolute Gasteiger partial charge is 0.317 e. The number of urea groups is 1. The maximum absolute atomic E-state index is 12.0. The van der Waals surface area contributed by atoms with Gasteiger partial charge in [-0.05, 0) is 38.0 Å². The lowest BCUT2D eigenvalue weighted by Crippen LogP contribution is -2.43. The van der Waals surface area contributed by atoms with Crippen molar-refractivity contribution in [2.45, 2.75) is 32.1 Å². The van der Waals surface area contributed by atoms with Gasteiger partial charge in [0.1, 0.15) is 0 Å². The molecule has 1 aliphatic carbocycles. The molecular formula is C14H24N2O4. The van der Waals surface area contributed by atoms with Crippen LogP contribution in [0.2, 0.25) is 0 Å². The number of hydrogen-bond donors (Lipinski definition) is 2. The molecule has 1 aliphatic heterocycles. The van der Waals surface area contributed by atoms with E-state index in [2.05, 4.69) is 5.32 Å². The van der Waals surface area contributed by atoms with E-state index in [0.717, 1.165) is 45.3 Å². The molecule has 2 rings (SSSR count). The van der Waals surface area contributed by atoms with Crippen molar-refractivity contribution in [1.82, 2.24) is 10.2 Å². The molecule has 6 heteroatoms. The molecule has 1 heterocycles. The fourth-order valence-electron chi connectivity index (χ4n) is 2.91. The van der Waals surface area contributed by atoms with Crippen LogP contribution in [0.5, 0.6) is 0 Å². The third-order valence-corrected chi connectivity index (χ3v) is 4.25. The highest BCUT2D eigenvalue weighted by Crippen LogP contribution is 2.28. The highest BCUT2D eigenvalue weighted by atomic mass is 16.5. The molecule has 0 unspecified atom stereocenters. The summed E-state index contributed by atoms with van der Waals surface area (Å²) in [6, 6.07) is -0.0177. The Kier molecular flexibility index (Phi) is 5.64. The van der Waals surface area contributed by atoms with Gasteiger partial charge in [-0.25, -0.2) is 4.79 Å². The second-order valence-corrected chi connectivity index (χ2v) is 5.69. The summed E-state index contributed by atoms with van der Waals surface area (Å²) in [4.78, 5) is 24.7. The van der Waals surface area contributed by atoms with E-state index in [4.69, 9.17) is 9.84 Å². The summed E-state index contributed by atoms with van der Waals surface area (Å²) in [6.45, 7) is 3.39. The average Bonchev–Trinajstić information content (AvgIpc) is 2.74. The van der Waals surface area contributed by atoms with Crippen LogP contribution in [-0.2, 0) is 9.53 Å². The molecule has 0 aromatic rings. The van der Waals surface area contributed by atoms with Gasteiger partial charge in [0.05, 0.1) is 12.5 Å². The summed E-state index contributed by atoms with van der Waals surface area (Å²) >= 11 is 0. The number of ether oxygens (including phenoxy) is 1. The van der Waals surface area contributed by atoms with Gasteiger partial charge in [-0.1, -0.05) is 0 Å². The molecule has 6 nitrogen and oxygen atoms in total. The topological polar surface area (TPSA) is 78.9 Å². The third-order valence-electron chi connectivity index (χ3n) is 4.25. The van der Waals surface area contributed by atoms with Crippen molar-refractivity contribution in [3.63, 3.8) is 0 Å². The number of carbonyl (C=O) groups excluding carboxylic acids is 1. The summed E-state index contributed by atoms with van der Waals surface area (Å²) in [6.07, 6.45) is 4.12. The predicted octanol–water partition coefficient (Wildman–Crippen LogP) is 1.31. The van der Waals surface area contributed by atoms with E-state index in [0.29, 0.717) is 25.6 Å². The van der Waals surface area contributed by atoms with Gasteiger partial charge < -0.3 is 20.1 Å². The first-order valence-corrected chi connectivity index (χ1v) is 7.50. The zero-order valence-electron chi connectivity index (χ0n) is 11.8. The summed E-state index contributed by atoms with van der Waals surface area (Å²) in [5.41, 5.74) is 0. The Morgan fingerprint density at radius 2 is 1.90 bits per heavy atom. The van der Waals surface area contributed by atoms with Gasteiger partial charge in [-0.2, -0.15) is 0 Å². The summed E-state index contributed by atoms with van der Waals surface area (Å²) in [5.74, 6) is -0.459. The van der Waals surface area contributed by atoms with Crippen LogP contribution in [0.15, 0.2) is 0 Å². The minimum Gasteiger partial charge on any atom is -0.481 e. The summed E-state index contributed by atoms with van der Waals surface area (Å²) < 4.78 is 5.33. The molecule has 20 heavy (non-hydrogen) atoms. The van der Waals surface area contributed by atoms with E-state index < -0.39 is 5.97 Å². The van der Waals surface area contributed by atoms with Crippen molar-refractivity contribution in [3.8, 4) is 0 Å². The second kappa shape index (κ2) is 7.47. The molecule has 0 radical (unpaired) electrons. The van der Waals surface area contributed by atoms with Crippen molar-refractivity contribution >= 4 is 12.0 Å². The fourth-order valence-corrected chi connectivity index (χ4v) is 2.91. The van der Waals surface area contributed by atoms with Crippen molar-refractivity contribution in [2.24, 2.45) is 11.8 Å². The molecule has 0 aromatic heterocycles. The number of carboxylic acid groups (broad SMARTS) is 1. The lowest BCUT2D eigenvalue weighted by molar-refractivity contribution is -0.143. The quantitative estimate of drug-likeness (QED) is 0.819. The molecule has 2 aliphatic rings. The Balaban J connectivity index is 1.67. The SMILES string of the molecule is O=C(O)C1CCC(CNC(=O)N2CCCOCC2)CC1. The van der Waals surface area contributed by atoms with E-state index in [-0.39, 0.29) is 11.9 Å². The molecule has 1 saturated carbocycles. The van der Waals surface area contributed by atoms with Crippen LogP contribution in [0.25, 0.3) is 0 Å². The summed E-state index contributed by atoms with van der Waals surface area (Å²) in [7, 11) is 0. The van der Waals surface area contributed by atoms with Crippen LogP contribution >= 0.6 is 0 Å². The standard InChI is InChI=1S/C14H24N2O4/c17-13(18)12-4-2-11(3-5-12)10-15-14(19)16-6-1-8-20-9-7-16/h11-12H,1-10H2,(H,15,19)(H,17,18). The van der Waals surface area contributed by atoms with Crippen molar-refractivity contribution in [3.05, 3.63) is 0 Å².